The van der Waals surface area contributed by atoms with Crippen molar-refractivity contribution in [1.82, 2.24) is 4.98 Å². The molecule has 0 spiro atoms. The van der Waals surface area contributed by atoms with Crippen molar-refractivity contribution in [2.24, 2.45) is 0 Å². The average molecular weight is 529 g/mol. The second-order valence-corrected chi connectivity index (χ2v) is 11.3. The minimum absolute atomic E-state index is 0.00481. The van der Waals surface area contributed by atoms with E-state index in [1.165, 1.54) is 16.4 Å². The average Bonchev–Trinajstić information content (AvgIpc) is 3.17. The monoisotopic (exact) mass is 528 g/mol. The lowest BCUT2D eigenvalue weighted by molar-refractivity contribution is 0.0697. The maximum Gasteiger partial charge on any atom is 0.335 e. The van der Waals surface area contributed by atoms with Crippen LogP contribution in [0.3, 0.4) is 0 Å². The lowest BCUT2D eigenvalue weighted by atomic mass is 10.1. The third kappa shape index (κ3) is 5.43. The molecule has 1 N–H and O–H groups in total. The summed E-state index contributed by atoms with van der Waals surface area (Å²) in [5, 5.41) is 11.4. The van der Waals surface area contributed by atoms with E-state index >= 15 is 0 Å². The first kappa shape index (κ1) is 25.3. The van der Waals surface area contributed by atoms with E-state index in [1.807, 2.05) is 0 Å². The zero-order valence-corrected chi connectivity index (χ0v) is 21.4. The molecule has 0 fully saturated rings. The van der Waals surface area contributed by atoms with Crippen LogP contribution in [0.5, 0.6) is 5.75 Å². The van der Waals surface area contributed by atoms with Crippen LogP contribution in [0.2, 0.25) is 10.0 Å². The second-order valence-electron chi connectivity index (χ2n) is 7.62. The lowest BCUT2D eigenvalue weighted by Gasteiger charge is -2.29. The van der Waals surface area contributed by atoms with Gasteiger partial charge in [0.05, 0.1) is 11.3 Å². The Labute approximate surface area is 206 Å². The fourth-order valence-corrected chi connectivity index (χ4v) is 6.28. The minimum atomic E-state index is -3.98. The van der Waals surface area contributed by atoms with E-state index in [-0.39, 0.29) is 27.2 Å². The molecule has 7 nitrogen and oxygen atoms in total. The molecular formula is C22H22Cl2N2O5S2. The maximum atomic E-state index is 13.5. The Morgan fingerprint density at radius 2 is 1.88 bits per heavy atom. The Bertz CT molecular complexity index is 1310. The number of aromatic nitrogens is 1. The lowest BCUT2D eigenvalue weighted by Crippen LogP contribution is -2.37. The summed E-state index contributed by atoms with van der Waals surface area (Å²) >= 11 is 13.6. The summed E-state index contributed by atoms with van der Waals surface area (Å²) in [6.45, 7) is 7.00. The topological polar surface area (TPSA) is 96.8 Å². The van der Waals surface area contributed by atoms with Gasteiger partial charge in [0.1, 0.15) is 12.4 Å². The number of rotatable bonds is 8. The van der Waals surface area contributed by atoms with Gasteiger partial charge in [0.25, 0.3) is 10.0 Å². The molecule has 0 unspecified atom stereocenters. The van der Waals surface area contributed by atoms with Crippen LogP contribution in [-0.4, -0.2) is 30.5 Å². The number of hydrogen-bond donors (Lipinski definition) is 1. The summed E-state index contributed by atoms with van der Waals surface area (Å²) in [7, 11) is -3.98. The van der Waals surface area contributed by atoms with Crippen LogP contribution >= 0.6 is 34.5 Å². The summed E-state index contributed by atoms with van der Waals surface area (Å²) in [6, 6.07) is 7.08. The van der Waals surface area contributed by atoms with Gasteiger partial charge in [-0.1, -0.05) is 29.3 Å². The summed E-state index contributed by atoms with van der Waals surface area (Å²) in [6.07, 6.45) is 0. The highest BCUT2D eigenvalue weighted by Crippen LogP contribution is 2.39. The van der Waals surface area contributed by atoms with Crippen LogP contribution in [0.1, 0.15) is 41.0 Å². The minimum Gasteiger partial charge on any atom is -0.487 e. The van der Waals surface area contributed by atoms with E-state index < -0.39 is 22.0 Å². The quantitative estimate of drug-likeness (QED) is 0.388. The number of nitrogens with zero attached hydrogens (tertiary/aromatic N) is 2. The number of carboxylic acid groups (broad SMARTS) is 1. The number of hydrogen-bond acceptors (Lipinski definition) is 6. The third-order valence-electron chi connectivity index (χ3n) is 4.71. The Kier molecular flexibility index (Phi) is 7.58. The molecule has 0 atom stereocenters. The molecule has 3 aromatic rings. The highest BCUT2D eigenvalue weighted by molar-refractivity contribution is 7.94. The summed E-state index contributed by atoms with van der Waals surface area (Å²) in [5.41, 5.74) is 2.19. The molecule has 0 aliphatic rings. The van der Waals surface area contributed by atoms with Crippen molar-refractivity contribution in [2.75, 3.05) is 4.31 Å². The van der Waals surface area contributed by atoms with Crippen LogP contribution < -0.4 is 9.04 Å². The maximum absolute atomic E-state index is 13.5. The Morgan fingerprint density at radius 1 is 1.18 bits per heavy atom. The molecule has 0 amide bonds. The van der Waals surface area contributed by atoms with E-state index in [2.05, 4.69) is 4.98 Å². The molecule has 0 bridgehead atoms. The fraction of sp³-hybridized carbons (Fsp3) is 0.273. The first-order valence-electron chi connectivity index (χ1n) is 9.83. The zero-order chi connectivity index (χ0) is 24.5. The normalized spacial score (nSPS) is 11.6. The van der Waals surface area contributed by atoms with E-state index in [0.717, 1.165) is 11.3 Å². The predicted octanol–water partition coefficient (Wildman–Crippen LogP) is 5.95. The number of anilines is 1. The second kappa shape index (κ2) is 9.89. The van der Waals surface area contributed by atoms with Gasteiger partial charge in [-0.2, -0.15) is 8.42 Å². The molecule has 2 aromatic carbocycles. The van der Waals surface area contributed by atoms with Gasteiger partial charge in [0.15, 0.2) is 0 Å². The molecular weight excluding hydrogens is 507 g/mol. The third-order valence-corrected chi connectivity index (χ3v) is 8.81. The van der Waals surface area contributed by atoms with Crippen LogP contribution in [-0.2, 0) is 16.6 Å². The van der Waals surface area contributed by atoms with Crippen LogP contribution in [0.4, 0.5) is 5.69 Å². The van der Waals surface area contributed by atoms with E-state index in [1.54, 1.807) is 51.3 Å². The molecule has 1 aromatic heterocycles. The molecule has 176 valence electrons. The molecule has 0 saturated carbocycles. The van der Waals surface area contributed by atoms with E-state index in [4.69, 9.17) is 33.0 Å². The van der Waals surface area contributed by atoms with Gasteiger partial charge in [-0.15, -0.1) is 11.3 Å². The first-order valence-corrected chi connectivity index (χ1v) is 12.9. The number of halogens is 2. The largest absolute Gasteiger partial charge is 0.487 e. The molecule has 33 heavy (non-hydrogen) atoms. The predicted molar refractivity (Wildman–Crippen MR) is 131 cm³/mol. The zero-order valence-electron chi connectivity index (χ0n) is 18.3. The standard InChI is InChI=1S/C22H22Cl2N2O5S2/c1-12(2)26(33(29,30)22-25-14(4)11-32-22)19-9-17(23)13(3)7-20(19)31-10-16-6-5-15(21(27)28)8-18(16)24/h5-9,11-12H,10H2,1-4H3,(H,27,28). The SMILES string of the molecule is Cc1csc(S(=O)(=O)N(c2cc(Cl)c(C)cc2OCc2ccc(C(=O)O)cc2Cl)C(C)C)n1. The number of carboxylic acids is 1. The Balaban J connectivity index is 2.04. The molecule has 0 saturated heterocycles. The smallest absolute Gasteiger partial charge is 0.335 e. The Morgan fingerprint density at radius 3 is 2.42 bits per heavy atom. The molecule has 0 aliphatic heterocycles. The van der Waals surface area contributed by atoms with Gasteiger partial charge >= 0.3 is 5.97 Å². The van der Waals surface area contributed by atoms with Crippen molar-refractivity contribution in [3.63, 3.8) is 0 Å². The van der Waals surface area contributed by atoms with E-state index in [9.17, 15) is 13.2 Å². The fourth-order valence-electron chi connectivity index (χ4n) is 3.11. The molecule has 1 heterocycles. The summed E-state index contributed by atoms with van der Waals surface area (Å²) in [4.78, 5) is 15.3. The molecule has 0 radical (unpaired) electrons. The number of aryl methyl sites for hydroxylation is 2. The molecule has 11 heteroatoms. The summed E-state index contributed by atoms with van der Waals surface area (Å²) in [5.74, 6) is -0.795. The number of thiazole rings is 1. The van der Waals surface area contributed by atoms with Crippen molar-refractivity contribution >= 4 is 56.2 Å². The summed E-state index contributed by atoms with van der Waals surface area (Å²) < 4.78 is 34.1. The van der Waals surface area contributed by atoms with Gasteiger partial charge in [-0.05, 0) is 57.5 Å². The number of carbonyl (C=O) groups is 1. The number of aromatic carboxylic acids is 1. The van der Waals surface area contributed by atoms with Crippen molar-refractivity contribution < 1.29 is 23.1 Å². The highest BCUT2D eigenvalue weighted by atomic mass is 35.5. The van der Waals surface area contributed by atoms with Crippen molar-refractivity contribution in [3.8, 4) is 5.75 Å². The van der Waals surface area contributed by atoms with Gasteiger partial charge in [-0.3, -0.25) is 4.31 Å². The van der Waals surface area contributed by atoms with Crippen LogP contribution in [0, 0.1) is 13.8 Å². The first-order chi connectivity index (χ1) is 15.4. The number of sulfonamides is 1. The Hall–Kier alpha value is -2.33. The van der Waals surface area contributed by atoms with Crippen molar-refractivity contribution in [1.29, 1.82) is 0 Å². The van der Waals surface area contributed by atoms with Crippen molar-refractivity contribution in [3.05, 3.63) is 68.1 Å². The van der Waals surface area contributed by atoms with Gasteiger partial charge in [0, 0.05) is 32.7 Å². The van der Waals surface area contributed by atoms with Crippen LogP contribution in [0.15, 0.2) is 40.1 Å². The molecule has 0 aliphatic carbocycles. The molecule has 3 rings (SSSR count). The number of benzene rings is 2. The van der Waals surface area contributed by atoms with Gasteiger partial charge in [-0.25, -0.2) is 9.78 Å². The van der Waals surface area contributed by atoms with Gasteiger partial charge in [0.2, 0.25) is 4.34 Å². The van der Waals surface area contributed by atoms with E-state index in [0.29, 0.717) is 27.6 Å². The number of ether oxygens (including phenoxy) is 1. The van der Waals surface area contributed by atoms with Crippen LogP contribution in [0.25, 0.3) is 0 Å². The van der Waals surface area contributed by atoms with Crippen molar-refractivity contribution in [2.45, 2.75) is 44.7 Å². The van der Waals surface area contributed by atoms with Gasteiger partial charge < -0.3 is 9.84 Å². The highest BCUT2D eigenvalue weighted by Gasteiger charge is 2.32.